The van der Waals surface area contributed by atoms with Gasteiger partial charge in [-0.1, -0.05) is 6.92 Å². The third-order valence-corrected chi connectivity index (χ3v) is 3.29. The van der Waals surface area contributed by atoms with E-state index in [9.17, 15) is 0 Å². The molecule has 3 rings (SSSR count). The van der Waals surface area contributed by atoms with Gasteiger partial charge in [0.15, 0.2) is 11.7 Å². The number of hydrazine groups is 1. The SMILES string of the molecule is CCCNC1(C)C=C(c2ncc[nH]2)N2NC=C(N)C2=N1. The molecule has 0 saturated carbocycles. The number of H-pyrrole nitrogens is 1. The number of nitrogens with zero attached hydrogens (tertiary/aromatic N) is 3. The number of aromatic amines is 1. The number of nitrogens with one attached hydrogen (secondary N) is 3. The molecule has 0 fully saturated rings. The first-order valence-corrected chi connectivity index (χ1v) is 6.73. The minimum Gasteiger partial charge on any atom is -0.394 e. The fourth-order valence-electron chi connectivity index (χ4n) is 2.32. The van der Waals surface area contributed by atoms with Gasteiger partial charge in [0, 0.05) is 18.6 Å². The molecular formula is C13H19N7. The van der Waals surface area contributed by atoms with Gasteiger partial charge < -0.3 is 10.7 Å². The maximum absolute atomic E-state index is 6.00. The molecule has 1 aromatic heterocycles. The Morgan fingerprint density at radius 2 is 2.35 bits per heavy atom. The van der Waals surface area contributed by atoms with Crippen molar-refractivity contribution in [2.75, 3.05) is 6.54 Å². The molecule has 20 heavy (non-hydrogen) atoms. The Kier molecular flexibility index (Phi) is 2.98. The Hall–Kier alpha value is -2.28. The van der Waals surface area contributed by atoms with Crippen molar-refractivity contribution in [2.45, 2.75) is 25.9 Å². The second-order valence-electron chi connectivity index (χ2n) is 5.04. The molecular weight excluding hydrogens is 254 g/mol. The summed E-state index contributed by atoms with van der Waals surface area (Å²) in [5, 5.41) is 5.27. The zero-order valence-electron chi connectivity index (χ0n) is 11.6. The summed E-state index contributed by atoms with van der Waals surface area (Å²) >= 11 is 0. The molecule has 0 saturated heterocycles. The van der Waals surface area contributed by atoms with Crippen molar-refractivity contribution in [3.8, 4) is 0 Å². The van der Waals surface area contributed by atoms with E-state index in [1.807, 2.05) is 18.0 Å². The molecule has 0 spiro atoms. The van der Waals surface area contributed by atoms with E-state index in [-0.39, 0.29) is 0 Å². The fourth-order valence-corrected chi connectivity index (χ4v) is 2.32. The van der Waals surface area contributed by atoms with E-state index >= 15 is 0 Å². The van der Waals surface area contributed by atoms with Crippen LogP contribution in [0.5, 0.6) is 0 Å². The smallest absolute Gasteiger partial charge is 0.174 e. The number of aromatic nitrogens is 2. The first-order valence-electron chi connectivity index (χ1n) is 6.73. The van der Waals surface area contributed by atoms with Gasteiger partial charge in [0.2, 0.25) is 0 Å². The first kappa shape index (κ1) is 12.7. The molecule has 5 N–H and O–H groups in total. The highest BCUT2D eigenvalue weighted by molar-refractivity contribution is 6.04. The van der Waals surface area contributed by atoms with Crippen LogP contribution in [0.1, 0.15) is 26.1 Å². The molecule has 1 aromatic rings. The van der Waals surface area contributed by atoms with Gasteiger partial charge in [0.25, 0.3) is 0 Å². The average molecular weight is 273 g/mol. The Morgan fingerprint density at radius 3 is 3.05 bits per heavy atom. The van der Waals surface area contributed by atoms with E-state index < -0.39 is 5.66 Å². The van der Waals surface area contributed by atoms with Crippen molar-refractivity contribution < 1.29 is 0 Å². The molecule has 2 aliphatic heterocycles. The van der Waals surface area contributed by atoms with Crippen LogP contribution in [0.25, 0.3) is 5.70 Å². The minimum atomic E-state index is -0.492. The summed E-state index contributed by atoms with van der Waals surface area (Å²) in [5.74, 6) is 1.49. The number of rotatable bonds is 4. The van der Waals surface area contributed by atoms with Crippen LogP contribution in [0.2, 0.25) is 0 Å². The quantitative estimate of drug-likeness (QED) is 0.641. The van der Waals surface area contributed by atoms with Gasteiger partial charge in [0.1, 0.15) is 11.4 Å². The molecule has 1 atom stereocenters. The van der Waals surface area contributed by atoms with Crippen LogP contribution >= 0.6 is 0 Å². The van der Waals surface area contributed by atoms with Crippen LogP contribution in [0.15, 0.2) is 35.4 Å². The lowest BCUT2D eigenvalue weighted by molar-refractivity contribution is 0.415. The number of hydrogen-bond acceptors (Lipinski definition) is 6. The summed E-state index contributed by atoms with van der Waals surface area (Å²) in [6.45, 7) is 5.04. The molecule has 2 aliphatic rings. The highest BCUT2D eigenvalue weighted by Gasteiger charge is 2.35. The van der Waals surface area contributed by atoms with Gasteiger partial charge in [0.05, 0.1) is 5.70 Å². The predicted molar refractivity (Wildman–Crippen MR) is 77.9 cm³/mol. The van der Waals surface area contributed by atoms with Gasteiger partial charge in [-0.15, -0.1) is 0 Å². The monoisotopic (exact) mass is 273 g/mol. The Balaban J connectivity index is 2.01. The van der Waals surface area contributed by atoms with Gasteiger partial charge in [-0.3, -0.25) is 10.7 Å². The average Bonchev–Trinajstić information content (AvgIpc) is 3.07. The summed E-state index contributed by atoms with van der Waals surface area (Å²) in [5.41, 5.74) is 10.1. The lowest BCUT2D eigenvalue weighted by Crippen LogP contribution is -2.48. The van der Waals surface area contributed by atoms with Crippen LogP contribution in [-0.4, -0.2) is 33.0 Å². The van der Waals surface area contributed by atoms with Gasteiger partial charge in [-0.25, -0.2) is 15.0 Å². The largest absolute Gasteiger partial charge is 0.394 e. The predicted octanol–water partition coefficient (Wildman–Crippen LogP) is 0.499. The lowest BCUT2D eigenvalue weighted by atomic mass is 10.1. The van der Waals surface area contributed by atoms with Crippen molar-refractivity contribution in [1.29, 1.82) is 0 Å². The minimum absolute atomic E-state index is 0.492. The third kappa shape index (κ3) is 2.05. The van der Waals surface area contributed by atoms with E-state index in [1.165, 1.54) is 0 Å². The summed E-state index contributed by atoms with van der Waals surface area (Å²) < 4.78 is 0. The fraction of sp³-hybridized carbons (Fsp3) is 0.385. The second kappa shape index (κ2) is 4.68. The number of hydrogen-bond donors (Lipinski definition) is 4. The zero-order valence-corrected chi connectivity index (χ0v) is 11.6. The standard InChI is InChI=1S/C13H19N7/c1-3-4-17-13(2)7-10(11-15-5-6-16-11)20-12(19-13)9(14)8-18-20/h5-8,17-18H,3-4,14H2,1-2H3,(H,15,16). The van der Waals surface area contributed by atoms with Crippen molar-refractivity contribution >= 4 is 11.5 Å². The number of nitrogens with two attached hydrogens (primary N) is 1. The van der Waals surface area contributed by atoms with Crippen LogP contribution in [0.3, 0.4) is 0 Å². The number of aliphatic imine (C=N–C) groups is 1. The zero-order chi connectivity index (χ0) is 14.2. The molecule has 1 unspecified atom stereocenters. The molecule has 0 amide bonds. The van der Waals surface area contributed by atoms with Gasteiger partial charge in [-0.2, -0.15) is 0 Å². The third-order valence-electron chi connectivity index (χ3n) is 3.29. The van der Waals surface area contributed by atoms with E-state index in [1.54, 1.807) is 18.6 Å². The van der Waals surface area contributed by atoms with Gasteiger partial charge in [-0.05, 0) is 26.0 Å². The molecule has 7 heteroatoms. The summed E-state index contributed by atoms with van der Waals surface area (Å²) in [6.07, 6.45) is 8.35. The molecule has 0 aromatic carbocycles. The Morgan fingerprint density at radius 1 is 1.50 bits per heavy atom. The van der Waals surface area contributed by atoms with Crippen molar-refractivity contribution in [3.05, 3.63) is 36.2 Å². The van der Waals surface area contributed by atoms with Crippen molar-refractivity contribution in [1.82, 2.24) is 25.7 Å². The Labute approximate surface area is 117 Å². The lowest BCUT2D eigenvalue weighted by Gasteiger charge is -2.34. The maximum Gasteiger partial charge on any atom is 0.174 e. The van der Waals surface area contributed by atoms with Crippen LogP contribution in [-0.2, 0) is 0 Å². The summed E-state index contributed by atoms with van der Waals surface area (Å²) in [4.78, 5) is 12.2. The topological polar surface area (TPSA) is 94.4 Å². The van der Waals surface area contributed by atoms with E-state index in [2.05, 4.69) is 27.6 Å². The normalized spacial score (nSPS) is 24.7. The molecule has 106 valence electrons. The molecule has 0 aliphatic carbocycles. The number of imidazole rings is 1. The molecule has 0 radical (unpaired) electrons. The highest BCUT2D eigenvalue weighted by Crippen LogP contribution is 2.28. The summed E-state index contributed by atoms with van der Waals surface area (Å²) in [6, 6.07) is 0. The van der Waals surface area contributed by atoms with Gasteiger partial charge >= 0.3 is 0 Å². The van der Waals surface area contributed by atoms with E-state index in [0.717, 1.165) is 24.5 Å². The van der Waals surface area contributed by atoms with Crippen LogP contribution < -0.4 is 16.5 Å². The highest BCUT2D eigenvalue weighted by atomic mass is 15.6. The maximum atomic E-state index is 6.00. The Bertz CT molecular complexity index is 584. The number of fused-ring (bicyclic) bond motifs is 1. The summed E-state index contributed by atoms with van der Waals surface area (Å²) in [7, 11) is 0. The van der Waals surface area contributed by atoms with Crippen molar-refractivity contribution in [2.24, 2.45) is 10.7 Å². The van der Waals surface area contributed by atoms with E-state index in [4.69, 9.17) is 10.7 Å². The van der Waals surface area contributed by atoms with E-state index in [0.29, 0.717) is 11.5 Å². The van der Waals surface area contributed by atoms with Crippen molar-refractivity contribution in [3.63, 3.8) is 0 Å². The van der Waals surface area contributed by atoms with Crippen LogP contribution in [0, 0.1) is 0 Å². The molecule has 7 nitrogen and oxygen atoms in total. The van der Waals surface area contributed by atoms with Crippen LogP contribution in [0.4, 0.5) is 0 Å². The second-order valence-corrected chi connectivity index (χ2v) is 5.04. The molecule has 0 bridgehead atoms. The first-order chi connectivity index (χ1) is 9.63. The number of amidine groups is 1. The molecule has 3 heterocycles.